The van der Waals surface area contributed by atoms with Crippen molar-refractivity contribution in [1.82, 2.24) is 15.2 Å². The quantitative estimate of drug-likeness (QED) is 0.685. The zero-order valence-electron chi connectivity index (χ0n) is 13.7. The molecule has 1 aliphatic rings. The number of aromatic nitrogens is 1. The van der Waals surface area contributed by atoms with Crippen LogP contribution < -0.4 is 5.32 Å². The average molecular weight is 337 g/mol. The van der Waals surface area contributed by atoms with Crippen molar-refractivity contribution in [2.24, 2.45) is 0 Å². The molecule has 1 aromatic heterocycles. The van der Waals surface area contributed by atoms with E-state index >= 15 is 0 Å². The minimum atomic E-state index is -0.114. The van der Waals surface area contributed by atoms with Gasteiger partial charge >= 0.3 is 0 Å². The Bertz CT molecular complexity index is 782. The van der Waals surface area contributed by atoms with Crippen molar-refractivity contribution < 1.29 is 4.79 Å². The van der Waals surface area contributed by atoms with E-state index in [-0.39, 0.29) is 5.91 Å². The predicted molar refractivity (Wildman–Crippen MR) is 99.0 cm³/mol. The van der Waals surface area contributed by atoms with Gasteiger partial charge < -0.3 is 5.32 Å². The maximum atomic E-state index is 12.6. The molecule has 0 aliphatic carbocycles. The molecule has 1 aliphatic heterocycles. The molecule has 1 N–H and O–H groups in total. The number of amides is 1. The van der Waals surface area contributed by atoms with Crippen molar-refractivity contribution in [3.63, 3.8) is 0 Å². The summed E-state index contributed by atoms with van der Waals surface area (Å²) in [4.78, 5) is 18.2. The Labute approximate surface area is 147 Å². The number of nitrogens with zero attached hydrogens (tertiary/aromatic N) is 2. The Kier molecular flexibility index (Phi) is 4.71. The molecule has 4 nitrogen and oxygen atoms in total. The Morgan fingerprint density at radius 1 is 1.25 bits per heavy atom. The number of carbonyl (C=O) groups is 1. The van der Waals surface area contributed by atoms with E-state index in [1.54, 1.807) is 17.3 Å². The van der Waals surface area contributed by atoms with Crippen LogP contribution in [0.25, 0.3) is 6.08 Å². The van der Waals surface area contributed by atoms with E-state index in [4.69, 9.17) is 12.2 Å². The lowest BCUT2D eigenvalue weighted by molar-refractivity contribution is -0.122. The zero-order chi connectivity index (χ0) is 17.1. The lowest BCUT2D eigenvalue weighted by Crippen LogP contribution is -2.30. The smallest absolute Gasteiger partial charge is 0.276 e. The Morgan fingerprint density at radius 3 is 2.62 bits per heavy atom. The molecule has 2 heterocycles. The summed E-state index contributed by atoms with van der Waals surface area (Å²) >= 11 is 5.30. The molecule has 24 heavy (non-hydrogen) atoms. The lowest BCUT2D eigenvalue weighted by atomic mass is 10.0. The summed E-state index contributed by atoms with van der Waals surface area (Å²) in [5.41, 5.74) is 3.69. The fourth-order valence-electron chi connectivity index (χ4n) is 2.53. The van der Waals surface area contributed by atoms with Crippen LogP contribution in [0.5, 0.6) is 0 Å². The summed E-state index contributed by atoms with van der Waals surface area (Å²) in [6.07, 6.45) is 5.28. The SMILES string of the molecule is CC(C)c1ccc(C=C2NC(=S)N(Cc3cccnc3)C2=O)cc1. The Hall–Kier alpha value is -2.53. The van der Waals surface area contributed by atoms with Gasteiger partial charge in [-0.15, -0.1) is 0 Å². The van der Waals surface area contributed by atoms with Gasteiger partial charge in [0.2, 0.25) is 0 Å². The largest absolute Gasteiger partial charge is 0.328 e. The first kappa shape index (κ1) is 16.3. The highest BCUT2D eigenvalue weighted by atomic mass is 32.1. The van der Waals surface area contributed by atoms with E-state index in [0.717, 1.165) is 11.1 Å². The van der Waals surface area contributed by atoms with Crippen LogP contribution in [0.15, 0.2) is 54.5 Å². The monoisotopic (exact) mass is 337 g/mol. The van der Waals surface area contributed by atoms with Gasteiger partial charge in [0.25, 0.3) is 5.91 Å². The van der Waals surface area contributed by atoms with E-state index in [2.05, 4.69) is 36.3 Å². The molecule has 1 amide bonds. The number of benzene rings is 1. The number of thiocarbonyl (C=S) groups is 1. The number of pyridine rings is 1. The zero-order valence-corrected chi connectivity index (χ0v) is 14.5. The second-order valence-electron chi connectivity index (χ2n) is 6.06. The third kappa shape index (κ3) is 3.51. The average Bonchev–Trinajstić information content (AvgIpc) is 2.84. The second-order valence-corrected chi connectivity index (χ2v) is 6.45. The van der Waals surface area contributed by atoms with Crippen molar-refractivity contribution in [2.75, 3.05) is 0 Å². The van der Waals surface area contributed by atoms with Crippen LogP contribution in [0.3, 0.4) is 0 Å². The molecule has 122 valence electrons. The van der Waals surface area contributed by atoms with Crippen LogP contribution in [0.2, 0.25) is 0 Å². The van der Waals surface area contributed by atoms with Gasteiger partial charge in [0.15, 0.2) is 5.11 Å². The molecule has 0 bridgehead atoms. The van der Waals surface area contributed by atoms with Crippen LogP contribution in [0, 0.1) is 0 Å². The van der Waals surface area contributed by atoms with Crippen LogP contribution in [0.1, 0.15) is 36.5 Å². The van der Waals surface area contributed by atoms with Crippen LogP contribution >= 0.6 is 12.2 Å². The molecule has 5 heteroatoms. The molecule has 1 aromatic carbocycles. The molecule has 2 aromatic rings. The molecular formula is C19H19N3OS. The molecule has 1 saturated heterocycles. The molecule has 0 radical (unpaired) electrons. The van der Waals surface area contributed by atoms with Gasteiger partial charge in [0.05, 0.1) is 6.54 Å². The number of carbonyl (C=O) groups excluding carboxylic acids is 1. The van der Waals surface area contributed by atoms with Crippen molar-refractivity contribution in [2.45, 2.75) is 26.3 Å². The first-order chi connectivity index (χ1) is 11.5. The van der Waals surface area contributed by atoms with Crippen molar-refractivity contribution in [3.8, 4) is 0 Å². The highest BCUT2D eigenvalue weighted by Crippen LogP contribution is 2.19. The van der Waals surface area contributed by atoms with Gasteiger partial charge in [-0.3, -0.25) is 14.7 Å². The van der Waals surface area contributed by atoms with Crippen LogP contribution in [0.4, 0.5) is 0 Å². The first-order valence-electron chi connectivity index (χ1n) is 7.88. The summed E-state index contributed by atoms with van der Waals surface area (Å²) in [5, 5.41) is 3.43. The van der Waals surface area contributed by atoms with Gasteiger partial charge in [-0.1, -0.05) is 44.2 Å². The van der Waals surface area contributed by atoms with E-state index in [1.807, 2.05) is 30.3 Å². The number of nitrogens with one attached hydrogen (secondary N) is 1. The van der Waals surface area contributed by atoms with Gasteiger partial charge in [-0.2, -0.15) is 0 Å². The molecule has 1 fully saturated rings. The van der Waals surface area contributed by atoms with E-state index < -0.39 is 0 Å². The van der Waals surface area contributed by atoms with E-state index in [0.29, 0.717) is 23.3 Å². The van der Waals surface area contributed by atoms with Gasteiger partial charge in [-0.25, -0.2) is 0 Å². The second kappa shape index (κ2) is 6.93. The highest BCUT2D eigenvalue weighted by Gasteiger charge is 2.30. The molecular weight excluding hydrogens is 318 g/mol. The van der Waals surface area contributed by atoms with Crippen LogP contribution in [-0.4, -0.2) is 20.9 Å². The van der Waals surface area contributed by atoms with Crippen molar-refractivity contribution in [1.29, 1.82) is 0 Å². The number of hydrogen-bond donors (Lipinski definition) is 1. The van der Waals surface area contributed by atoms with Crippen LogP contribution in [-0.2, 0) is 11.3 Å². The predicted octanol–water partition coefficient (Wildman–Crippen LogP) is 3.46. The lowest BCUT2D eigenvalue weighted by Gasteiger charge is -2.13. The number of rotatable bonds is 4. The minimum Gasteiger partial charge on any atom is -0.328 e. The topological polar surface area (TPSA) is 45.2 Å². The van der Waals surface area contributed by atoms with E-state index in [9.17, 15) is 4.79 Å². The summed E-state index contributed by atoms with van der Waals surface area (Å²) in [7, 11) is 0. The summed E-state index contributed by atoms with van der Waals surface area (Å²) < 4.78 is 0. The molecule has 0 unspecified atom stereocenters. The van der Waals surface area contributed by atoms with Crippen molar-refractivity contribution in [3.05, 3.63) is 71.2 Å². The maximum absolute atomic E-state index is 12.6. The molecule has 0 atom stereocenters. The molecule has 0 spiro atoms. The van der Waals surface area contributed by atoms with Gasteiger partial charge in [0.1, 0.15) is 5.70 Å². The first-order valence-corrected chi connectivity index (χ1v) is 8.29. The third-order valence-electron chi connectivity index (χ3n) is 3.94. The summed E-state index contributed by atoms with van der Waals surface area (Å²) in [6, 6.07) is 12.0. The Morgan fingerprint density at radius 2 is 2.00 bits per heavy atom. The highest BCUT2D eigenvalue weighted by molar-refractivity contribution is 7.80. The molecule has 0 saturated carbocycles. The fraction of sp³-hybridized carbons (Fsp3) is 0.211. The summed E-state index contributed by atoms with van der Waals surface area (Å²) in [5.74, 6) is 0.372. The summed E-state index contributed by atoms with van der Waals surface area (Å²) in [6.45, 7) is 4.73. The van der Waals surface area contributed by atoms with E-state index in [1.165, 1.54) is 5.56 Å². The van der Waals surface area contributed by atoms with Gasteiger partial charge in [0, 0.05) is 12.4 Å². The standard InChI is InChI=1S/C19H19N3OS/c1-13(2)16-7-5-14(6-8-16)10-17-18(23)22(19(24)21-17)12-15-4-3-9-20-11-15/h3-11,13H,12H2,1-2H3,(H,21,24). The normalized spacial score (nSPS) is 16.1. The molecule has 3 rings (SSSR count). The van der Waals surface area contributed by atoms with Crippen molar-refractivity contribution >= 4 is 29.3 Å². The minimum absolute atomic E-state index is 0.114. The number of hydrogen-bond acceptors (Lipinski definition) is 3. The van der Waals surface area contributed by atoms with Gasteiger partial charge in [-0.05, 0) is 47.0 Å². The Balaban J connectivity index is 1.78. The third-order valence-corrected chi connectivity index (χ3v) is 4.26. The fourth-order valence-corrected chi connectivity index (χ4v) is 2.79. The maximum Gasteiger partial charge on any atom is 0.276 e.